The van der Waals surface area contributed by atoms with E-state index in [0.29, 0.717) is 30.8 Å². The molecule has 3 nitrogen and oxygen atoms in total. The van der Waals surface area contributed by atoms with Crippen LogP contribution < -0.4 is 10.5 Å². The van der Waals surface area contributed by atoms with Crippen LogP contribution in [0.15, 0.2) is 18.5 Å². The van der Waals surface area contributed by atoms with Crippen molar-refractivity contribution in [3.8, 4) is 5.75 Å². The van der Waals surface area contributed by atoms with E-state index in [-0.39, 0.29) is 6.04 Å². The van der Waals surface area contributed by atoms with Crippen LogP contribution >= 0.6 is 0 Å². The second kappa shape index (κ2) is 5.65. The molecule has 1 aromatic heterocycles. The van der Waals surface area contributed by atoms with Crippen LogP contribution in [0.5, 0.6) is 5.75 Å². The second-order valence-electron chi connectivity index (χ2n) is 5.06. The van der Waals surface area contributed by atoms with Crippen molar-refractivity contribution < 1.29 is 9.13 Å². The van der Waals surface area contributed by atoms with Crippen LogP contribution in [0.25, 0.3) is 0 Å². The van der Waals surface area contributed by atoms with Gasteiger partial charge in [-0.25, -0.2) is 4.39 Å². The summed E-state index contributed by atoms with van der Waals surface area (Å²) in [6.07, 6.45) is 6.60. The van der Waals surface area contributed by atoms with Crippen molar-refractivity contribution in [2.24, 2.45) is 5.73 Å². The Labute approximate surface area is 108 Å². The molecule has 1 aliphatic carbocycles. The Bertz CT molecular complexity index is 389. The van der Waals surface area contributed by atoms with Crippen LogP contribution in [-0.4, -0.2) is 17.6 Å². The Morgan fingerprint density at radius 2 is 2.17 bits per heavy atom. The summed E-state index contributed by atoms with van der Waals surface area (Å²) in [4.78, 5) is 4.08. The highest BCUT2D eigenvalue weighted by atomic mass is 19.1. The number of alkyl halides is 1. The predicted octanol–water partition coefficient (Wildman–Crippen LogP) is 2.94. The highest BCUT2D eigenvalue weighted by Crippen LogP contribution is 2.40. The number of nitrogens with zero attached hydrogens (tertiary/aromatic N) is 1. The third kappa shape index (κ3) is 2.99. The van der Waals surface area contributed by atoms with E-state index >= 15 is 0 Å². The lowest BCUT2D eigenvalue weighted by Crippen LogP contribution is -2.34. The first kappa shape index (κ1) is 13.3. The normalized spacial score (nSPS) is 28.1. The van der Waals surface area contributed by atoms with Crippen molar-refractivity contribution in [1.82, 2.24) is 4.98 Å². The summed E-state index contributed by atoms with van der Waals surface area (Å²) >= 11 is 0. The Hall–Kier alpha value is -1.16. The average molecular weight is 252 g/mol. The first-order valence-corrected chi connectivity index (χ1v) is 6.67. The standard InChI is InChI=1S/C14H21FN2O/c1-2-7-18-13-8-11(9-17-10-13)14(15)5-3-12(16)4-6-14/h8-10,12H,2-7,16H2,1H3. The van der Waals surface area contributed by atoms with Gasteiger partial charge in [-0.3, -0.25) is 4.98 Å². The van der Waals surface area contributed by atoms with Gasteiger partial charge in [-0.2, -0.15) is 0 Å². The molecule has 0 spiro atoms. The molecule has 0 radical (unpaired) electrons. The zero-order chi connectivity index (χ0) is 13.0. The summed E-state index contributed by atoms with van der Waals surface area (Å²) in [5.74, 6) is 0.654. The van der Waals surface area contributed by atoms with E-state index in [2.05, 4.69) is 4.98 Å². The van der Waals surface area contributed by atoms with Crippen LogP contribution in [0.3, 0.4) is 0 Å². The number of hydrogen-bond donors (Lipinski definition) is 1. The molecule has 4 heteroatoms. The number of halogens is 1. The molecular weight excluding hydrogens is 231 g/mol. The monoisotopic (exact) mass is 252 g/mol. The Morgan fingerprint density at radius 3 is 2.83 bits per heavy atom. The molecule has 0 amide bonds. The van der Waals surface area contributed by atoms with Gasteiger partial charge in [0.1, 0.15) is 11.4 Å². The van der Waals surface area contributed by atoms with E-state index in [1.807, 2.05) is 6.92 Å². The Balaban J connectivity index is 2.12. The fourth-order valence-electron chi connectivity index (χ4n) is 2.35. The van der Waals surface area contributed by atoms with E-state index < -0.39 is 5.67 Å². The van der Waals surface area contributed by atoms with E-state index in [1.54, 1.807) is 18.5 Å². The quantitative estimate of drug-likeness (QED) is 0.896. The molecule has 1 saturated carbocycles. The van der Waals surface area contributed by atoms with Crippen LogP contribution in [0, 0.1) is 0 Å². The fraction of sp³-hybridized carbons (Fsp3) is 0.643. The van der Waals surface area contributed by atoms with Crippen molar-refractivity contribution in [3.63, 3.8) is 0 Å². The minimum Gasteiger partial charge on any atom is -0.492 e. The van der Waals surface area contributed by atoms with Crippen molar-refractivity contribution in [2.45, 2.75) is 50.7 Å². The van der Waals surface area contributed by atoms with Crippen molar-refractivity contribution in [1.29, 1.82) is 0 Å². The molecular formula is C14H21FN2O. The topological polar surface area (TPSA) is 48.1 Å². The first-order valence-electron chi connectivity index (χ1n) is 6.67. The van der Waals surface area contributed by atoms with Crippen molar-refractivity contribution >= 4 is 0 Å². The smallest absolute Gasteiger partial charge is 0.137 e. The third-order valence-corrected chi connectivity index (χ3v) is 3.53. The summed E-state index contributed by atoms with van der Waals surface area (Å²) in [5.41, 5.74) is 5.17. The molecule has 0 aromatic carbocycles. The van der Waals surface area contributed by atoms with Gasteiger partial charge in [-0.1, -0.05) is 6.92 Å². The van der Waals surface area contributed by atoms with Crippen molar-refractivity contribution in [3.05, 3.63) is 24.0 Å². The van der Waals surface area contributed by atoms with Crippen LogP contribution in [0.4, 0.5) is 4.39 Å². The SMILES string of the molecule is CCCOc1cncc(C2(F)CCC(N)CC2)c1. The molecule has 0 atom stereocenters. The number of hydrogen-bond acceptors (Lipinski definition) is 3. The van der Waals surface area contributed by atoms with Gasteiger partial charge >= 0.3 is 0 Å². The number of aromatic nitrogens is 1. The molecule has 2 N–H and O–H groups in total. The maximum Gasteiger partial charge on any atom is 0.137 e. The summed E-state index contributed by atoms with van der Waals surface area (Å²) in [6, 6.07) is 1.92. The summed E-state index contributed by atoms with van der Waals surface area (Å²) in [5, 5.41) is 0. The zero-order valence-corrected chi connectivity index (χ0v) is 10.9. The van der Waals surface area contributed by atoms with E-state index in [1.165, 1.54) is 0 Å². The highest BCUT2D eigenvalue weighted by molar-refractivity contribution is 5.28. The van der Waals surface area contributed by atoms with E-state index in [4.69, 9.17) is 10.5 Å². The van der Waals surface area contributed by atoms with Crippen molar-refractivity contribution in [2.75, 3.05) is 6.61 Å². The number of nitrogens with two attached hydrogens (primary N) is 1. The van der Waals surface area contributed by atoms with Crippen LogP contribution in [0.1, 0.15) is 44.6 Å². The summed E-state index contributed by atoms with van der Waals surface area (Å²) in [7, 11) is 0. The largest absolute Gasteiger partial charge is 0.492 e. The molecule has 0 bridgehead atoms. The second-order valence-corrected chi connectivity index (χ2v) is 5.06. The molecule has 2 rings (SSSR count). The van der Waals surface area contributed by atoms with Gasteiger partial charge in [-0.15, -0.1) is 0 Å². The Morgan fingerprint density at radius 1 is 1.44 bits per heavy atom. The molecule has 1 aromatic rings. The average Bonchev–Trinajstić information content (AvgIpc) is 2.40. The molecule has 1 heterocycles. The van der Waals surface area contributed by atoms with Gasteiger partial charge in [0, 0.05) is 17.8 Å². The highest BCUT2D eigenvalue weighted by Gasteiger charge is 2.36. The Kier molecular flexibility index (Phi) is 4.17. The lowest BCUT2D eigenvalue weighted by atomic mass is 9.80. The molecule has 100 valence electrons. The molecule has 1 aliphatic rings. The first-order chi connectivity index (χ1) is 8.64. The predicted molar refractivity (Wildman–Crippen MR) is 69.3 cm³/mol. The fourth-order valence-corrected chi connectivity index (χ4v) is 2.35. The van der Waals surface area contributed by atoms with Gasteiger partial charge in [0.2, 0.25) is 0 Å². The minimum atomic E-state index is -1.28. The molecule has 18 heavy (non-hydrogen) atoms. The van der Waals surface area contributed by atoms with Gasteiger partial charge < -0.3 is 10.5 Å². The lowest BCUT2D eigenvalue weighted by molar-refractivity contribution is 0.0971. The van der Waals surface area contributed by atoms with Gasteiger partial charge in [0.05, 0.1) is 12.8 Å². The maximum absolute atomic E-state index is 14.8. The zero-order valence-electron chi connectivity index (χ0n) is 10.9. The van der Waals surface area contributed by atoms with Gasteiger partial charge in [-0.05, 0) is 38.2 Å². The van der Waals surface area contributed by atoms with E-state index in [9.17, 15) is 4.39 Å². The van der Waals surface area contributed by atoms with Gasteiger partial charge in [0.25, 0.3) is 0 Å². The minimum absolute atomic E-state index is 0.140. The summed E-state index contributed by atoms with van der Waals surface area (Å²) < 4.78 is 20.3. The van der Waals surface area contributed by atoms with Crippen LogP contribution in [-0.2, 0) is 5.67 Å². The molecule has 1 fully saturated rings. The molecule has 0 saturated heterocycles. The van der Waals surface area contributed by atoms with Crippen LogP contribution in [0.2, 0.25) is 0 Å². The van der Waals surface area contributed by atoms with E-state index in [0.717, 1.165) is 19.3 Å². The summed E-state index contributed by atoms with van der Waals surface area (Å²) in [6.45, 7) is 2.67. The lowest BCUT2D eigenvalue weighted by Gasteiger charge is -2.32. The molecule has 0 unspecified atom stereocenters. The number of ether oxygens (including phenoxy) is 1. The van der Waals surface area contributed by atoms with Gasteiger partial charge in [0.15, 0.2) is 0 Å². The third-order valence-electron chi connectivity index (χ3n) is 3.53. The maximum atomic E-state index is 14.8. The number of rotatable bonds is 4. The number of pyridine rings is 1. The molecule has 0 aliphatic heterocycles.